The summed E-state index contributed by atoms with van der Waals surface area (Å²) in [4.78, 5) is 32.5. The zero-order valence-electron chi connectivity index (χ0n) is 11.6. The molecule has 0 saturated carbocycles. The van der Waals surface area contributed by atoms with Crippen LogP contribution in [0.15, 0.2) is 30.3 Å². The van der Waals surface area contributed by atoms with Crippen molar-refractivity contribution < 1.29 is 19.5 Å². The Bertz CT molecular complexity index is 538. The maximum Gasteiger partial charge on any atom is 0.328 e. The van der Waals surface area contributed by atoms with Crippen LogP contribution in [0.4, 0.5) is 10.5 Å². The van der Waals surface area contributed by atoms with Crippen molar-refractivity contribution in [2.75, 3.05) is 18.4 Å². The summed E-state index contributed by atoms with van der Waals surface area (Å²) in [5.74, 6) is -1.17. The molecule has 0 spiro atoms. The standard InChI is InChI=1S/C14H17N3O4/c1-10(18)15-8-9-16-14(21)17-12-5-2-11(3-6-12)4-7-13(19)20/h2-7H,8-9H2,1H3,(H,15,18)(H,19,20)(H2,16,17,21). The molecule has 0 bridgehead atoms. The lowest BCUT2D eigenvalue weighted by Gasteiger charge is -2.08. The van der Waals surface area contributed by atoms with Crippen LogP contribution in [-0.4, -0.2) is 36.1 Å². The molecule has 112 valence electrons. The van der Waals surface area contributed by atoms with Crippen LogP contribution >= 0.6 is 0 Å². The molecule has 0 aromatic heterocycles. The largest absolute Gasteiger partial charge is 0.478 e. The predicted octanol–water partition coefficient (Wildman–Crippen LogP) is 1.04. The molecule has 7 nitrogen and oxygen atoms in total. The lowest BCUT2D eigenvalue weighted by molar-refractivity contribution is -0.131. The molecule has 7 heteroatoms. The fourth-order valence-electron chi connectivity index (χ4n) is 1.43. The van der Waals surface area contributed by atoms with E-state index in [1.165, 1.54) is 13.0 Å². The molecule has 0 atom stereocenters. The first kappa shape index (κ1) is 16.2. The van der Waals surface area contributed by atoms with Gasteiger partial charge in [-0.3, -0.25) is 4.79 Å². The van der Waals surface area contributed by atoms with Gasteiger partial charge >= 0.3 is 12.0 Å². The van der Waals surface area contributed by atoms with E-state index >= 15 is 0 Å². The predicted molar refractivity (Wildman–Crippen MR) is 78.8 cm³/mol. The average molecular weight is 291 g/mol. The Morgan fingerprint density at radius 1 is 1.10 bits per heavy atom. The zero-order valence-corrected chi connectivity index (χ0v) is 11.6. The molecule has 0 unspecified atom stereocenters. The quantitative estimate of drug-likeness (QED) is 0.464. The molecule has 1 rings (SSSR count). The van der Waals surface area contributed by atoms with Crippen molar-refractivity contribution in [3.05, 3.63) is 35.9 Å². The van der Waals surface area contributed by atoms with Gasteiger partial charge in [0, 0.05) is 31.8 Å². The zero-order chi connectivity index (χ0) is 15.7. The number of carboxylic acid groups (broad SMARTS) is 1. The van der Waals surface area contributed by atoms with E-state index in [-0.39, 0.29) is 11.9 Å². The summed E-state index contributed by atoms with van der Waals surface area (Å²) in [5, 5.41) is 16.3. The molecule has 1 aromatic carbocycles. The minimum atomic E-state index is -1.02. The second-order valence-electron chi connectivity index (χ2n) is 4.16. The van der Waals surface area contributed by atoms with Crippen molar-refractivity contribution in [2.24, 2.45) is 0 Å². The molecule has 1 aromatic rings. The number of rotatable bonds is 6. The Hall–Kier alpha value is -2.83. The maximum absolute atomic E-state index is 11.5. The third-order valence-electron chi connectivity index (χ3n) is 2.37. The van der Waals surface area contributed by atoms with Gasteiger partial charge in [-0.2, -0.15) is 0 Å². The summed E-state index contributed by atoms with van der Waals surface area (Å²) in [7, 11) is 0. The Balaban J connectivity index is 2.39. The number of hydrogen-bond acceptors (Lipinski definition) is 3. The molecular formula is C14H17N3O4. The summed E-state index contributed by atoms with van der Waals surface area (Å²) < 4.78 is 0. The van der Waals surface area contributed by atoms with Gasteiger partial charge in [-0.15, -0.1) is 0 Å². The second-order valence-corrected chi connectivity index (χ2v) is 4.16. The average Bonchev–Trinajstić information content (AvgIpc) is 2.42. The van der Waals surface area contributed by atoms with Gasteiger partial charge in [-0.25, -0.2) is 9.59 Å². The summed E-state index contributed by atoms with van der Waals surface area (Å²) in [5.41, 5.74) is 1.30. The van der Waals surface area contributed by atoms with Gasteiger partial charge in [0.1, 0.15) is 0 Å². The summed E-state index contributed by atoms with van der Waals surface area (Å²) in [6.45, 7) is 2.09. The summed E-state index contributed by atoms with van der Waals surface area (Å²) in [6.07, 6.45) is 2.50. The molecule has 0 heterocycles. The van der Waals surface area contributed by atoms with Gasteiger partial charge in [0.25, 0.3) is 0 Å². The van der Waals surface area contributed by atoms with Gasteiger partial charge in [0.2, 0.25) is 5.91 Å². The number of hydrogen-bond donors (Lipinski definition) is 4. The SMILES string of the molecule is CC(=O)NCCNC(=O)Nc1ccc(C=CC(=O)O)cc1. The van der Waals surface area contributed by atoms with Crippen molar-refractivity contribution >= 4 is 29.7 Å². The highest BCUT2D eigenvalue weighted by Gasteiger charge is 2.01. The fourth-order valence-corrected chi connectivity index (χ4v) is 1.43. The highest BCUT2D eigenvalue weighted by molar-refractivity contribution is 5.89. The van der Waals surface area contributed by atoms with Gasteiger partial charge in [-0.1, -0.05) is 12.1 Å². The molecule has 21 heavy (non-hydrogen) atoms. The summed E-state index contributed by atoms with van der Waals surface area (Å²) in [6, 6.07) is 6.32. The monoisotopic (exact) mass is 291 g/mol. The smallest absolute Gasteiger partial charge is 0.328 e. The molecule has 0 radical (unpaired) electrons. The topological polar surface area (TPSA) is 108 Å². The minimum absolute atomic E-state index is 0.151. The number of carbonyl (C=O) groups excluding carboxylic acids is 2. The number of urea groups is 1. The molecule has 0 aliphatic rings. The van der Waals surface area contributed by atoms with E-state index in [0.717, 1.165) is 6.08 Å². The van der Waals surface area contributed by atoms with Crippen LogP contribution in [-0.2, 0) is 9.59 Å². The number of aliphatic carboxylic acids is 1. The second kappa shape index (κ2) is 8.36. The normalized spacial score (nSPS) is 10.1. The van der Waals surface area contributed by atoms with Crippen molar-refractivity contribution in [3.63, 3.8) is 0 Å². The highest BCUT2D eigenvalue weighted by Crippen LogP contribution is 2.10. The van der Waals surface area contributed by atoms with E-state index in [1.54, 1.807) is 24.3 Å². The van der Waals surface area contributed by atoms with Crippen molar-refractivity contribution in [2.45, 2.75) is 6.92 Å². The molecule has 4 N–H and O–H groups in total. The lowest BCUT2D eigenvalue weighted by atomic mass is 10.2. The Labute approximate surface area is 122 Å². The maximum atomic E-state index is 11.5. The summed E-state index contributed by atoms with van der Waals surface area (Å²) >= 11 is 0. The Morgan fingerprint density at radius 2 is 1.71 bits per heavy atom. The molecule has 0 aliphatic heterocycles. The van der Waals surface area contributed by atoms with Crippen LogP contribution in [0.5, 0.6) is 0 Å². The first-order chi connectivity index (χ1) is 9.97. The molecule has 0 aliphatic carbocycles. The first-order valence-corrected chi connectivity index (χ1v) is 6.28. The Morgan fingerprint density at radius 3 is 2.29 bits per heavy atom. The van der Waals surface area contributed by atoms with E-state index in [2.05, 4.69) is 16.0 Å². The fraction of sp³-hybridized carbons (Fsp3) is 0.214. The molecule has 0 fully saturated rings. The van der Waals surface area contributed by atoms with Crippen molar-refractivity contribution in [1.82, 2.24) is 10.6 Å². The van der Waals surface area contributed by atoms with Crippen LogP contribution in [0, 0.1) is 0 Å². The molecule has 3 amide bonds. The van der Waals surface area contributed by atoms with Gasteiger partial charge < -0.3 is 21.1 Å². The number of anilines is 1. The van der Waals surface area contributed by atoms with E-state index in [9.17, 15) is 14.4 Å². The first-order valence-electron chi connectivity index (χ1n) is 6.28. The van der Waals surface area contributed by atoms with Gasteiger partial charge in [-0.05, 0) is 23.8 Å². The van der Waals surface area contributed by atoms with Gasteiger partial charge in [0.15, 0.2) is 0 Å². The highest BCUT2D eigenvalue weighted by atomic mass is 16.4. The van der Waals surface area contributed by atoms with Crippen LogP contribution in [0.2, 0.25) is 0 Å². The van der Waals surface area contributed by atoms with E-state index < -0.39 is 5.97 Å². The van der Waals surface area contributed by atoms with Crippen LogP contribution in [0.25, 0.3) is 6.08 Å². The van der Waals surface area contributed by atoms with Gasteiger partial charge in [0.05, 0.1) is 0 Å². The number of amides is 3. The number of carbonyl (C=O) groups is 3. The third kappa shape index (κ3) is 7.36. The number of carboxylic acids is 1. The van der Waals surface area contributed by atoms with Crippen LogP contribution in [0.3, 0.4) is 0 Å². The molecule has 0 saturated heterocycles. The lowest BCUT2D eigenvalue weighted by Crippen LogP contribution is -2.36. The van der Waals surface area contributed by atoms with Crippen molar-refractivity contribution in [3.8, 4) is 0 Å². The number of benzene rings is 1. The van der Waals surface area contributed by atoms with E-state index in [4.69, 9.17) is 5.11 Å². The number of nitrogens with one attached hydrogen (secondary N) is 3. The minimum Gasteiger partial charge on any atom is -0.478 e. The molecular weight excluding hydrogens is 274 g/mol. The van der Waals surface area contributed by atoms with E-state index in [0.29, 0.717) is 24.3 Å². The third-order valence-corrected chi connectivity index (χ3v) is 2.37. The van der Waals surface area contributed by atoms with Crippen LogP contribution < -0.4 is 16.0 Å². The van der Waals surface area contributed by atoms with Crippen LogP contribution in [0.1, 0.15) is 12.5 Å². The Kier molecular flexibility index (Phi) is 6.46. The van der Waals surface area contributed by atoms with E-state index in [1.807, 2.05) is 0 Å². The van der Waals surface area contributed by atoms with Crippen molar-refractivity contribution in [1.29, 1.82) is 0 Å².